The number of hydrogen-bond acceptors (Lipinski definition) is 4. The van der Waals surface area contributed by atoms with Gasteiger partial charge in [-0.3, -0.25) is 9.78 Å². The first kappa shape index (κ1) is 15.5. The highest BCUT2D eigenvalue weighted by atomic mass is 19.1. The monoisotopic (exact) mass is 325 g/mol. The molecule has 1 aromatic carbocycles. The first-order chi connectivity index (χ1) is 11.5. The third-order valence-corrected chi connectivity index (χ3v) is 3.37. The van der Waals surface area contributed by atoms with Gasteiger partial charge in [0.1, 0.15) is 17.1 Å². The zero-order valence-electron chi connectivity index (χ0n) is 12.6. The molecular weight excluding hydrogens is 313 g/mol. The van der Waals surface area contributed by atoms with E-state index in [2.05, 4.69) is 10.1 Å². The number of aromatic nitrogens is 3. The lowest BCUT2D eigenvalue weighted by Gasteiger charge is -2.09. The lowest BCUT2D eigenvalue weighted by atomic mass is 10.2. The molecule has 0 fully saturated rings. The van der Waals surface area contributed by atoms with Crippen LogP contribution in [0.5, 0.6) is 0 Å². The summed E-state index contributed by atoms with van der Waals surface area (Å²) >= 11 is 0. The molecule has 1 N–H and O–H groups in total. The van der Waals surface area contributed by atoms with Crippen molar-refractivity contribution in [2.24, 2.45) is 0 Å². The Bertz CT molecular complexity index is 981. The zero-order valence-corrected chi connectivity index (χ0v) is 12.6. The van der Waals surface area contributed by atoms with Crippen LogP contribution in [-0.4, -0.2) is 25.8 Å². The minimum absolute atomic E-state index is 0.136. The van der Waals surface area contributed by atoms with Gasteiger partial charge < -0.3 is 5.11 Å². The molecule has 0 aliphatic heterocycles. The fourth-order valence-electron chi connectivity index (χ4n) is 2.18. The van der Waals surface area contributed by atoms with Crippen LogP contribution in [0, 0.1) is 12.7 Å². The number of carboxylic acid groups (broad SMARTS) is 1. The van der Waals surface area contributed by atoms with Crippen molar-refractivity contribution in [3.8, 4) is 17.1 Å². The Kier molecular flexibility index (Phi) is 3.91. The topological polar surface area (TPSA) is 85.1 Å². The number of rotatable bonds is 3. The summed E-state index contributed by atoms with van der Waals surface area (Å²) in [4.78, 5) is 27.9. The maximum absolute atomic E-state index is 13.4. The van der Waals surface area contributed by atoms with E-state index in [0.717, 1.165) is 22.4 Å². The molecule has 0 saturated heterocycles. The van der Waals surface area contributed by atoms with Crippen LogP contribution >= 0.6 is 0 Å². The Morgan fingerprint density at radius 3 is 2.58 bits per heavy atom. The van der Waals surface area contributed by atoms with Gasteiger partial charge in [-0.15, -0.1) is 0 Å². The first-order valence-corrected chi connectivity index (χ1v) is 7.02. The van der Waals surface area contributed by atoms with Crippen molar-refractivity contribution in [2.45, 2.75) is 6.92 Å². The molecular formula is C17H12FN3O3. The normalized spacial score (nSPS) is 10.6. The quantitative estimate of drug-likeness (QED) is 0.799. The molecule has 0 aliphatic rings. The fourth-order valence-corrected chi connectivity index (χ4v) is 2.18. The lowest BCUT2D eigenvalue weighted by molar-refractivity contribution is 0.0694. The van der Waals surface area contributed by atoms with Gasteiger partial charge in [0.05, 0.1) is 11.4 Å². The molecule has 0 atom stereocenters. The van der Waals surface area contributed by atoms with E-state index in [-0.39, 0.29) is 11.4 Å². The Hall–Kier alpha value is -3.35. The molecule has 0 radical (unpaired) electrons. The number of carbonyl (C=O) groups is 1. The van der Waals surface area contributed by atoms with Gasteiger partial charge in [0.2, 0.25) is 0 Å². The molecule has 24 heavy (non-hydrogen) atoms. The molecule has 0 amide bonds. The van der Waals surface area contributed by atoms with Crippen molar-refractivity contribution in [1.82, 2.24) is 14.8 Å². The van der Waals surface area contributed by atoms with Gasteiger partial charge in [-0.2, -0.15) is 9.78 Å². The van der Waals surface area contributed by atoms with Crippen LogP contribution < -0.4 is 5.56 Å². The number of aromatic carboxylic acids is 1. The summed E-state index contributed by atoms with van der Waals surface area (Å²) in [5.41, 5.74) is 0.368. The smallest absolute Gasteiger partial charge is 0.341 e. The van der Waals surface area contributed by atoms with Crippen LogP contribution in [0.1, 0.15) is 15.9 Å². The van der Waals surface area contributed by atoms with Gasteiger partial charge in [-0.25, -0.2) is 9.18 Å². The molecule has 2 heterocycles. The number of hydrogen-bond donors (Lipinski definition) is 1. The molecule has 3 rings (SSSR count). The molecule has 0 spiro atoms. The van der Waals surface area contributed by atoms with Gasteiger partial charge in [-0.1, -0.05) is 12.1 Å². The highest BCUT2D eigenvalue weighted by Crippen LogP contribution is 2.16. The third-order valence-electron chi connectivity index (χ3n) is 3.37. The van der Waals surface area contributed by atoms with Gasteiger partial charge in [0, 0.05) is 6.20 Å². The summed E-state index contributed by atoms with van der Waals surface area (Å²) in [6, 6.07) is 9.83. The molecule has 0 saturated carbocycles. The van der Waals surface area contributed by atoms with Crippen molar-refractivity contribution in [2.75, 3.05) is 0 Å². The van der Waals surface area contributed by atoms with E-state index in [1.54, 1.807) is 18.3 Å². The van der Waals surface area contributed by atoms with Crippen molar-refractivity contribution < 1.29 is 14.3 Å². The molecule has 0 unspecified atom stereocenters. The van der Waals surface area contributed by atoms with E-state index >= 15 is 0 Å². The van der Waals surface area contributed by atoms with Gasteiger partial charge in [0.15, 0.2) is 0 Å². The summed E-state index contributed by atoms with van der Waals surface area (Å²) in [7, 11) is 0. The molecule has 6 nitrogen and oxygen atoms in total. The van der Waals surface area contributed by atoms with Gasteiger partial charge in [0.25, 0.3) is 5.56 Å². The predicted octanol–water partition coefficient (Wildman–Crippen LogP) is 2.44. The Morgan fingerprint density at radius 1 is 1.17 bits per heavy atom. The largest absolute Gasteiger partial charge is 0.477 e. The van der Waals surface area contributed by atoms with Crippen molar-refractivity contribution in [3.63, 3.8) is 0 Å². The van der Waals surface area contributed by atoms with Crippen molar-refractivity contribution in [3.05, 3.63) is 76.0 Å². The maximum atomic E-state index is 13.4. The highest BCUT2D eigenvalue weighted by molar-refractivity contribution is 5.88. The molecule has 0 aliphatic carbocycles. The number of aryl methyl sites for hydroxylation is 1. The maximum Gasteiger partial charge on any atom is 0.341 e. The highest BCUT2D eigenvalue weighted by Gasteiger charge is 2.17. The second-order valence-corrected chi connectivity index (χ2v) is 5.17. The molecule has 0 bridgehead atoms. The minimum Gasteiger partial charge on any atom is -0.477 e. The van der Waals surface area contributed by atoms with E-state index in [9.17, 15) is 19.1 Å². The Balaban J connectivity index is 2.27. The van der Waals surface area contributed by atoms with Crippen LogP contribution in [0.25, 0.3) is 17.1 Å². The third kappa shape index (κ3) is 2.91. The van der Waals surface area contributed by atoms with Gasteiger partial charge in [-0.05, 0) is 42.8 Å². The summed E-state index contributed by atoms with van der Waals surface area (Å²) in [5, 5.41) is 13.4. The van der Waals surface area contributed by atoms with Crippen LogP contribution in [0.2, 0.25) is 0 Å². The number of benzene rings is 1. The van der Waals surface area contributed by atoms with Gasteiger partial charge >= 0.3 is 5.97 Å². The van der Waals surface area contributed by atoms with Crippen molar-refractivity contribution in [1.29, 1.82) is 0 Å². The van der Waals surface area contributed by atoms with E-state index in [1.165, 1.54) is 18.2 Å². The fraction of sp³-hybridized carbons (Fsp3) is 0.0588. The van der Waals surface area contributed by atoms with E-state index in [1.807, 2.05) is 6.92 Å². The Morgan fingerprint density at radius 2 is 1.96 bits per heavy atom. The number of pyridine rings is 1. The lowest BCUT2D eigenvalue weighted by Crippen LogP contribution is -2.27. The predicted molar refractivity (Wildman–Crippen MR) is 84.7 cm³/mol. The number of carboxylic acids is 1. The average molecular weight is 325 g/mol. The zero-order chi connectivity index (χ0) is 17.3. The number of halogens is 1. The molecule has 120 valence electrons. The molecule has 7 heteroatoms. The van der Waals surface area contributed by atoms with Crippen LogP contribution in [0.3, 0.4) is 0 Å². The second-order valence-electron chi connectivity index (χ2n) is 5.17. The molecule has 3 aromatic rings. The average Bonchev–Trinajstić information content (AvgIpc) is 2.55. The minimum atomic E-state index is -1.39. The Labute approximate surface area is 135 Å². The van der Waals surface area contributed by atoms with Crippen LogP contribution in [-0.2, 0) is 0 Å². The van der Waals surface area contributed by atoms with E-state index < -0.39 is 22.9 Å². The van der Waals surface area contributed by atoms with Crippen LogP contribution in [0.4, 0.5) is 4.39 Å². The van der Waals surface area contributed by atoms with Crippen molar-refractivity contribution >= 4 is 5.97 Å². The standard InChI is InChI=1S/C17H12FN3O3/c1-10-5-6-14(19-9-10)15-8-13(17(23)24)16(22)21(20-15)12-4-2-3-11(18)7-12/h2-9H,1H3,(H,23,24). The summed E-state index contributed by atoms with van der Waals surface area (Å²) in [6.07, 6.45) is 1.61. The van der Waals surface area contributed by atoms with Crippen LogP contribution in [0.15, 0.2) is 53.5 Å². The summed E-state index contributed by atoms with van der Waals surface area (Å²) < 4.78 is 14.3. The molecule has 2 aromatic heterocycles. The SMILES string of the molecule is Cc1ccc(-c2cc(C(=O)O)c(=O)n(-c3cccc(F)c3)n2)nc1. The summed E-state index contributed by atoms with van der Waals surface area (Å²) in [6.45, 7) is 1.86. The van der Waals surface area contributed by atoms with E-state index in [0.29, 0.717) is 5.69 Å². The number of nitrogens with zero attached hydrogens (tertiary/aromatic N) is 3. The van der Waals surface area contributed by atoms with E-state index in [4.69, 9.17) is 0 Å². The first-order valence-electron chi connectivity index (χ1n) is 7.02. The second kappa shape index (κ2) is 6.04. The summed E-state index contributed by atoms with van der Waals surface area (Å²) in [5.74, 6) is -1.95.